The van der Waals surface area contributed by atoms with E-state index in [1.165, 1.54) is 25.4 Å². The Kier molecular flexibility index (Phi) is 5.01. The molecule has 4 rings (SSSR count). The summed E-state index contributed by atoms with van der Waals surface area (Å²) in [6.07, 6.45) is 4.78. The minimum Gasteiger partial charge on any atom is -0.495 e. The minimum atomic E-state index is -0.319. The largest absolute Gasteiger partial charge is 0.495 e. The first-order valence-corrected chi connectivity index (χ1v) is 9.02. The molecule has 0 aliphatic carbocycles. The number of hydrogen-bond acceptors (Lipinski definition) is 6. The molecule has 0 bridgehead atoms. The predicted octanol–water partition coefficient (Wildman–Crippen LogP) is 3.30. The SMILES string of the molecule is COc1cncc(C(=O)N2CCCC(c3nc(-c4ccc(F)cc4)no3)C2)c1. The Balaban J connectivity index is 1.49. The molecule has 144 valence electrons. The van der Waals surface area contributed by atoms with Crippen LogP contribution in [-0.4, -0.2) is 46.1 Å². The fourth-order valence-corrected chi connectivity index (χ4v) is 3.31. The summed E-state index contributed by atoms with van der Waals surface area (Å²) in [5.41, 5.74) is 1.17. The van der Waals surface area contributed by atoms with E-state index in [4.69, 9.17) is 9.26 Å². The van der Waals surface area contributed by atoms with Crippen molar-refractivity contribution in [2.24, 2.45) is 0 Å². The van der Waals surface area contributed by atoms with Gasteiger partial charge in [-0.15, -0.1) is 0 Å². The summed E-state index contributed by atoms with van der Waals surface area (Å²) in [6.45, 7) is 1.15. The molecule has 7 nitrogen and oxygen atoms in total. The predicted molar refractivity (Wildman–Crippen MR) is 98.4 cm³/mol. The van der Waals surface area contributed by atoms with Gasteiger partial charge in [0.05, 0.1) is 24.8 Å². The molecular formula is C20H19FN4O3. The van der Waals surface area contributed by atoms with Gasteiger partial charge in [-0.1, -0.05) is 5.16 Å². The highest BCUT2D eigenvalue weighted by Gasteiger charge is 2.29. The molecule has 0 spiro atoms. The molecule has 1 amide bonds. The second kappa shape index (κ2) is 7.75. The molecule has 0 saturated carbocycles. The number of amides is 1. The molecule has 2 aromatic heterocycles. The van der Waals surface area contributed by atoms with Gasteiger partial charge in [0.2, 0.25) is 11.7 Å². The monoisotopic (exact) mass is 382 g/mol. The van der Waals surface area contributed by atoms with E-state index in [0.717, 1.165) is 12.8 Å². The molecule has 28 heavy (non-hydrogen) atoms. The van der Waals surface area contributed by atoms with Crippen LogP contribution < -0.4 is 4.74 Å². The van der Waals surface area contributed by atoms with Crippen molar-refractivity contribution in [2.75, 3.05) is 20.2 Å². The second-order valence-corrected chi connectivity index (χ2v) is 6.67. The van der Waals surface area contributed by atoms with E-state index in [1.807, 2.05) is 0 Å². The van der Waals surface area contributed by atoms with Gasteiger partial charge in [0.25, 0.3) is 5.91 Å². The number of ether oxygens (including phenoxy) is 1. The Morgan fingerprint density at radius 2 is 2.11 bits per heavy atom. The number of likely N-dealkylation sites (tertiary alicyclic amines) is 1. The highest BCUT2D eigenvalue weighted by Crippen LogP contribution is 2.28. The standard InChI is InChI=1S/C20H19FN4O3/c1-27-17-9-15(10-22-11-17)20(26)25-8-2-3-14(12-25)19-23-18(24-28-19)13-4-6-16(21)7-5-13/h4-7,9-11,14H,2-3,8,12H2,1H3. The van der Waals surface area contributed by atoms with Gasteiger partial charge in [0.15, 0.2) is 0 Å². The summed E-state index contributed by atoms with van der Waals surface area (Å²) in [4.78, 5) is 23.1. The van der Waals surface area contributed by atoms with Crippen molar-refractivity contribution in [2.45, 2.75) is 18.8 Å². The zero-order valence-electron chi connectivity index (χ0n) is 15.3. The zero-order chi connectivity index (χ0) is 19.5. The van der Waals surface area contributed by atoms with Crippen molar-refractivity contribution in [3.05, 3.63) is 60.0 Å². The van der Waals surface area contributed by atoms with Crippen LogP contribution in [0.25, 0.3) is 11.4 Å². The van der Waals surface area contributed by atoms with Gasteiger partial charge >= 0.3 is 0 Å². The van der Waals surface area contributed by atoms with Gasteiger partial charge < -0.3 is 14.2 Å². The number of methoxy groups -OCH3 is 1. The number of benzene rings is 1. The summed E-state index contributed by atoms with van der Waals surface area (Å²) >= 11 is 0. The number of rotatable bonds is 4. The third-order valence-electron chi connectivity index (χ3n) is 4.80. The molecule has 1 aliphatic heterocycles. The van der Waals surface area contributed by atoms with Gasteiger partial charge in [-0.25, -0.2) is 4.39 Å². The first-order valence-electron chi connectivity index (χ1n) is 9.02. The number of halogens is 1. The van der Waals surface area contributed by atoms with Crippen molar-refractivity contribution >= 4 is 5.91 Å². The van der Waals surface area contributed by atoms with Crippen LogP contribution in [0.4, 0.5) is 4.39 Å². The highest BCUT2D eigenvalue weighted by atomic mass is 19.1. The van der Waals surface area contributed by atoms with Crippen LogP contribution >= 0.6 is 0 Å². The maximum Gasteiger partial charge on any atom is 0.255 e. The summed E-state index contributed by atoms with van der Waals surface area (Å²) in [6, 6.07) is 7.61. The Bertz CT molecular complexity index is 974. The number of nitrogens with zero attached hydrogens (tertiary/aromatic N) is 4. The van der Waals surface area contributed by atoms with Gasteiger partial charge in [-0.3, -0.25) is 9.78 Å². The molecule has 1 fully saturated rings. The van der Waals surface area contributed by atoms with Crippen LogP contribution in [0.3, 0.4) is 0 Å². The van der Waals surface area contributed by atoms with Crippen molar-refractivity contribution in [1.82, 2.24) is 20.0 Å². The Morgan fingerprint density at radius 3 is 2.89 bits per heavy atom. The first kappa shape index (κ1) is 18.1. The third kappa shape index (κ3) is 3.71. The number of pyridine rings is 1. The average Bonchev–Trinajstić information content (AvgIpc) is 3.24. The van der Waals surface area contributed by atoms with Crippen LogP contribution in [0.1, 0.15) is 35.0 Å². The molecule has 1 saturated heterocycles. The van der Waals surface area contributed by atoms with Gasteiger partial charge in [-0.2, -0.15) is 4.98 Å². The lowest BCUT2D eigenvalue weighted by Crippen LogP contribution is -2.39. The Labute approximate surface area is 161 Å². The van der Waals surface area contributed by atoms with Crippen molar-refractivity contribution in [1.29, 1.82) is 0 Å². The molecule has 8 heteroatoms. The minimum absolute atomic E-state index is 0.0436. The van der Waals surface area contributed by atoms with E-state index in [1.54, 1.807) is 29.3 Å². The number of hydrogen-bond donors (Lipinski definition) is 0. The molecule has 1 atom stereocenters. The van der Waals surface area contributed by atoms with Crippen LogP contribution in [0.5, 0.6) is 5.75 Å². The van der Waals surface area contributed by atoms with Crippen LogP contribution in [0.2, 0.25) is 0 Å². The van der Waals surface area contributed by atoms with Crippen LogP contribution in [0, 0.1) is 5.82 Å². The normalized spacial score (nSPS) is 16.8. The molecule has 0 radical (unpaired) electrons. The molecule has 3 heterocycles. The smallest absolute Gasteiger partial charge is 0.255 e. The summed E-state index contributed by atoms with van der Waals surface area (Å²) in [5.74, 6) is 0.976. The molecule has 1 unspecified atom stereocenters. The van der Waals surface area contributed by atoms with Gasteiger partial charge in [0.1, 0.15) is 11.6 Å². The zero-order valence-corrected chi connectivity index (χ0v) is 15.3. The van der Waals surface area contributed by atoms with Crippen molar-refractivity contribution in [3.63, 3.8) is 0 Å². The van der Waals surface area contributed by atoms with Crippen molar-refractivity contribution in [3.8, 4) is 17.1 Å². The first-order chi connectivity index (χ1) is 13.6. The van der Waals surface area contributed by atoms with E-state index in [-0.39, 0.29) is 17.6 Å². The Morgan fingerprint density at radius 1 is 1.29 bits per heavy atom. The molecule has 1 aromatic carbocycles. The van der Waals surface area contributed by atoms with E-state index >= 15 is 0 Å². The quantitative estimate of drug-likeness (QED) is 0.689. The maximum atomic E-state index is 13.1. The fourth-order valence-electron chi connectivity index (χ4n) is 3.31. The summed E-state index contributed by atoms with van der Waals surface area (Å²) in [5, 5.41) is 4.00. The fraction of sp³-hybridized carbons (Fsp3) is 0.300. The molecule has 3 aromatic rings. The van der Waals surface area contributed by atoms with E-state index in [2.05, 4.69) is 15.1 Å². The van der Waals surface area contributed by atoms with Crippen molar-refractivity contribution < 1.29 is 18.4 Å². The molecule has 1 aliphatic rings. The van der Waals surface area contributed by atoms with E-state index < -0.39 is 0 Å². The Hall–Kier alpha value is -3.29. The van der Waals surface area contributed by atoms with E-state index in [0.29, 0.717) is 41.7 Å². The lowest BCUT2D eigenvalue weighted by molar-refractivity contribution is 0.0695. The topological polar surface area (TPSA) is 81.4 Å². The van der Waals surface area contributed by atoms with Gasteiger partial charge in [0, 0.05) is 24.8 Å². The molecule has 0 N–H and O–H groups in total. The lowest BCUT2D eigenvalue weighted by atomic mass is 9.97. The number of carbonyl (C=O) groups is 1. The van der Waals surface area contributed by atoms with Gasteiger partial charge in [-0.05, 0) is 43.2 Å². The summed E-state index contributed by atoms with van der Waals surface area (Å²) < 4.78 is 23.7. The number of piperidine rings is 1. The number of carbonyl (C=O) groups excluding carboxylic acids is 1. The number of aromatic nitrogens is 3. The van der Waals surface area contributed by atoms with Crippen LogP contribution in [-0.2, 0) is 0 Å². The second-order valence-electron chi connectivity index (χ2n) is 6.67. The summed E-state index contributed by atoms with van der Waals surface area (Å²) in [7, 11) is 1.54. The average molecular weight is 382 g/mol. The lowest BCUT2D eigenvalue weighted by Gasteiger charge is -2.31. The van der Waals surface area contributed by atoms with Crippen LogP contribution in [0.15, 0.2) is 47.2 Å². The maximum absolute atomic E-state index is 13.1. The third-order valence-corrected chi connectivity index (χ3v) is 4.80. The van der Waals surface area contributed by atoms with E-state index in [9.17, 15) is 9.18 Å². The highest BCUT2D eigenvalue weighted by molar-refractivity contribution is 5.94. The molecular weight excluding hydrogens is 363 g/mol.